The van der Waals surface area contributed by atoms with Crippen molar-refractivity contribution in [1.29, 1.82) is 0 Å². The predicted octanol–water partition coefficient (Wildman–Crippen LogP) is 1.63. The fourth-order valence-electron chi connectivity index (χ4n) is 2.13. The lowest BCUT2D eigenvalue weighted by Gasteiger charge is -2.35. The molecule has 0 aromatic heterocycles. The van der Waals surface area contributed by atoms with Gasteiger partial charge in [0.25, 0.3) is 0 Å². The highest BCUT2D eigenvalue weighted by atomic mass is 32.2. The highest BCUT2D eigenvalue weighted by Crippen LogP contribution is 2.19. The zero-order chi connectivity index (χ0) is 13.2. The summed E-state index contributed by atoms with van der Waals surface area (Å²) in [5, 5.41) is 0. The van der Waals surface area contributed by atoms with Crippen LogP contribution < -0.4 is 0 Å². The average Bonchev–Trinajstić information content (AvgIpc) is 2.33. The van der Waals surface area contributed by atoms with E-state index in [2.05, 4.69) is 0 Å². The molecule has 18 heavy (non-hydrogen) atoms. The maximum Gasteiger partial charge on any atom is 0.218 e. The number of nitrogens with zero attached hydrogens (tertiary/aromatic N) is 1. The quantitative estimate of drug-likeness (QED) is 0.838. The minimum Gasteiger partial charge on any atom is -0.375 e. The Morgan fingerprint density at radius 1 is 1.28 bits per heavy atom. The van der Waals surface area contributed by atoms with Crippen LogP contribution in [-0.4, -0.2) is 38.0 Å². The second-order valence-electron chi connectivity index (χ2n) is 4.80. The zero-order valence-electron chi connectivity index (χ0n) is 10.7. The molecule has 1 aliphatic heterocycles. The van der Waals surface area contributed by atoms with Crippen LogP contribution in [0.1, 0.15) is 19.4 Å². The van der Waals surface area contributed by atoms with Gasteiger partial charge in [0.1, 0.15) is 0 Å². The van der Waals surface area contributed by atoms with Crippen LogP contribution in [0, 0.1) is 0 Å². The Hall–Kier alpha value is -0.910. The maximum absolute atomic E-state index is 12.4. The van der Waals surface area contributed by atoms with Crippen LogP contribution in [0.15, 0.2) is 30.3 Å². The number of benzene rings is 1. The van der Waals surface area contributed by atoms with E-state index in [-0.39, 0.29) is 17.9 Å². The van der Waals surface area contributed by atoms with Crippen LogP contribution in [0.5, 0.6) is 0 Å². The van der Waals surface area contributed by atoms with Crippen molar-refractivity contribution in [3.63, 3.8) is 0 Å². The summed E-state index contributed by atoms with van der Waals surface area (Å²) >= 11 is 0. The van der Waals surface area contributed by atoms with E-state index in [9.17, 15) is 8.42 Å². The fraction of sp³-hybridized carbons (Fsp3) is 0.538. The Labute approximate surface area is 109 Å². The van der Waals surface area contributed by atoms with E-state index < -0.39 is 10.0 Å². The third-order valence-electron chi connectivity index (χ3n) is 3.10. The number of hydrogen-bond acceptors (Lipinski definition) is 3. The van der Waals surface area contributed by atoms with Gasteiger partial charge in [-0.1, -0.05) is 30.3 Å². The first-order valence-electron chi connectivity index (χ1n) is 6.14. The average molecular weight is 269 g/mol. The lowest BCUT2D eigenvalue weighted by molar-refractivity contribution is -0.0171. The molecule has 0 N–H and O–H groups in total. The van der Waals surface area contributed by atoms with E-state index in [1.807, 2.05) is 44.2 Å². The van der Waals surface area contributed by atoms with E-state index in [1.54, 1.807) is 4.31 Å². The summed E-state index contributed by atoms with van der Waals surface area (Å²) < 4.78 is 31.8. The van der Waals surface area contributed by atoms with Crippen molar-refractivity contribution in [3.05, 3.63) is 35.9 Å². The van der Waals surface area contributed by atoms with Crippen LogP contribution in [0.25, 0.3) is 0 Å². The zero-order valence-corrected chi connectivity index (χ0v) is 11.6. The Bertz CT molecular complexity index is 486. The third-order valence-corrected chi connectivity index (χ3v) is 5.02. The summed E-state index contributed by atoms with van der Waals surface area (Å²) in [7, 11) is -3.27. The minimum atomic E-state index is -3.27. The van der Waals surface area contributed by atoms with Gasteiger partial charge in [-0.15, -0.1) is 0 Å². The second-order valence-corrected chi connectivity index (χ2v) is 6.73. The summed E-state index contributed by atoms with van der Waals surface area (Å²) in [6, 6.07) is 9.19. The van der Waals surface area contributed by atoms with Crippen molar-refractivity contribution >= 4 is 10.0 Å². The molecule has 1 saturated heterocycles. The van der Waals surface area contributed by atoms with Crippen molar-refractivity contribution in [2.45, 2.75) is 31.7 Å². The van der Waals surface area contributed by atoms with Crippen molar-refractivity contribution in [3.8, 4) is 0 Å². The van der Waals surface area contributed by atoms with Crippen LogP contribution in [0.3, 0.4) is 0 Å². The largest absolute Gasteiger partial charge is 0.375 e. The molecule has 1 aromatic carbocycles. The normalized spacial score (nSPS) is 26.1. The molecule has 0 bridgehead atoms. The molecular formula is C13H19NO3S. The molecule has 1 aromatic rings. The van der Waals surface area contributed by atoms with Gasteiger partial charge in [-0.05, 0) is 19.4 Å². The topological polar surface area (TPSA) is 46.6 Å². The van der Waals surface area contributed by atoms with E-state index >= 15 is 0 Å². The molecule has 1 aliphatic rings. The van der Waals surface area contributed by atoms with Crippen LogP contribution >= 0.6 is 0 Å². The first kappa shape index (κ1) is 13.5. The summed E-state index contributed by atoms with van der Waals surface area (Å²) in [4.78, 5) is 0. The summed E-state index contributed by atoms with van der Waals surface area (Å²) in [5.41, 5.74) is 0.823. The van der Waals surface area contributed by atoms with Crippen molar-refractivity contribution in [2.75, 3.05) is 13.2 Å². The molecule has 0 saturated carbocycles. The Balaban J connectivity index is 2.15. The first-order chi connectivity index (χ1) is 8.49. The standard InChI is InChI=1S/C13H19NO3S/c1-11-9-17-12(2)8-14(11)18(15,16)10-13-6-4-3-5-7-13/h3-7,11-12H,8-10H2,1-2H3. The Kier molecular flexibility index (Phi) is 4.04. The SMILES string of the molecule is CC1CN(S(=O)(=O)Cc2ccccc2)C(C)CO1. The molecule has 4 nitrogen and oxygen atoms in total. The molecule has 0 radical (unpaired) electrons. The predicted molar refractivity (Wildman–Crippen MR) is 70.6 cm³/mol. The van der Waals surface area contributed by atoms with Gasteiger partial charge in [0.15, 0.2) is 0 Å². The maximum atomic E-state index is 12.4. The summed E-state index contributed by atoms with van der Waals surface area (Å²) in [6.45, 7) is 4.69. The van der Waals surface area contributed by atoms with Gasteiger partial charge in [-0.3, -0.25) is 0 Å². The molecule has 2 rings (SSSR count). The van der Waals surface area contributed by atoms with Gasteiger partial charge < -0.3 is 4.74 Å². The lowest BCUT2D eigenvalue weighted by Crippen LogP contribution is -2.50. The molecule has 5 heteroatoms. The number of hydrogen-bond donors (Lipinski definition) is 0. The molecule has 2 unspecified atom stereocenters. The van der Waals surface area contributed by atoms with Gasteiger partial charge >= 0.3 is 0 Å². The molecule has 0 amide bonds. The van der Waals surface area contributed by atoms with Crippen molar-refractivity contribution < 1.29 is 13.2 Å². The van der Waals surface area contributed by atoms with Gasteiger partial charge in [-0.2, -0.15) is 4.31 Å². The number of sulfonamides is 1. The van der Waals surface area contributed by atoms with E-state index in [0.29, 0.717) is 13.2 Å². The summed E-state index contributed by atoms with van der Waals surface area (Å²) in [6.07, 6.45) is -0.0354. The number of ether oxygens (including phenoxy) is 1. The van der Waals surface area contributed by atoms with E-state index in [1.165, 1.54) is 0 Å². The highest BCUT2D eigenvalue weighted by Gasteiger charge is 2.32. The first-order valence-corrected chi connectivity index (χ1v) is 7.75. The molecule has 2 atom stereocenters. The number of morpholine rings is 1. The molecular weight excluding hydrogens is 250 g/mol. The summed E-state index contributed by atoms with van der Waals surface area (Å²) in [5.74, 6) is 0.0604. The van der Waals surface area contributed by atoms with Crippen LogP contribution in [0.4, 0.5) is 0 Å². The molecule has 1 heterocycles. The molecule has 0 aliphatic carbocycles. The number of rotatable bonds is 3. The fourth-order valence-corrected chi connectivity index (χ4v) is 3.95. The van der Waals surface area contributed by atoms with E-state index in [4.69, 9.17) is 4.74 Å². The van der Waals surface area contributed by atoms with Crippen molar-refractivity contribution in [2.24, 2.45) is 0 Å². The molecule has 0 spiro atoms. The van der Waals surface area contributed by atoms with Crippen LogP contribution in [0.2, 0.25) is 0 Å². The minimum absolute atomic E-state index is 0.0354. The lowest BCUT2D eigenvalue weighted by atomic mass is 10.2. The Morgan fingerprint density at radius 3 is 2.61 bits per heavy atom. The smallest absolute Gasteiger partial charge is 0.218 e. The van der Waals surface area contributed by atoms with Crippen LogP contribution in [-0.2, 0) is 20.5 Å². The van der Waals surface area contributed by atoms with Gasteiger partial charge in [0.05, 0.1) is 18.5 Å². The monoisotopic (exact) mass is 269 g/mol. The Morgan fingerprint density at radius 2 is 1.94 bits per heavy atom. The molecule has 1 fully saturated rings. The second kappa shape index (κ2) is 5.38. The van der Waals surface area contributed by atoms with Gasteiger partial charge in [0.2, 0.25) is 10.0 Å². The molecule has 100 valence electrons. The third kappa shape index (κ3) is 3.10. The van der Waals surface area contributed by atoms with E-state index in [0.717, 1.165) is 5.56 Å². The van der Waals surface area contributed by atoms with Gasteiger partial charge in [-0.25, -0.2) is 8.42 Å². The van der Waals surface area contributed by atoms with Gasteiger partial charge in [0, 0.05) is 12.6 Å². The van der Waals surface area contributed by atoms with Crippen molar-refractivity contribution in [1.82, 2.24) is 4.31 Å². The highest BCUT2D eigenvalue weighted by molar-refractivity contribution is 7.88.